The number of para-hydroxylation sites is 1. The molecule has 0 bridgehead atoms. The molecule has 0 radical (unpaired) electrons. The van der Waals surface area contributed by atoms with Gasteiger partial charge in [0.25, 0.3) is 0 Å². The van der Waals surface area contributed by atoms with Crippen LogP contribution in [0.5, 0.6) is 11.6 Å². The molecule has 0 spiro atoms. The van der Waals surface area contributed by atoms with Crippen LogP contribution in [0.2, 0.25) is 0 Å². The van der Waals surface area contributed by atoms with Gasteiger partial charge in [0.1, 0.15) is 5.75 Å². The largest absolute Gasteiger partial charge is 0.439 e. The summed E-state index contributed by atoms with van der Waals surface area (Å²) in [7, 11) is -3.04. The number of aromatic nitrogens is 1. The van der Waals surface area contributed by atoms with E-state index < -0.39 is 9.84 Å². The molecule has 1 aliphatic heterocycles. The predicted octanol–water partition coefficient (Wildman–Crippen LogP) is 2.91. The number of rotatable bonds is 5. The van der Waals surface area contributed by atoms with Crippen LogP contribution in [0.4, 0.5) is 10.5 Å². The minimum Gasteiger partial charge on any atom is -0.439 e. The zero-order chi connectivity index (χ0) is 18.6. The fourth-order valence-corrected chi connectivity index (χ4v) is 4.64. The number of urea groups is 1. The van der Waals surface area contributed by atoms with Crippen LogP contribution in [-0.4, -0.2) is 48.4 Å². The van der Waals surface area contributed by atoms with E-state index in [1.807, 2.05) is 37.3 Å². The second kappa shape index (κ2) is 7.74. The number of nitrogens with zero attached hydrogens (tertiary/aromatic N) is 2. The fourth-order valence-electron chi connectivity index (χ4n) is 2.91. The Kier molecular flexibility index (Phi) is 5.41. The summed E-state index contributed by atoms with van der Waals surface area (Å²) >= 11 is 0. The molecule has 1 aromatic heterocycles. The molecule has 138 valence electrons. The van der Waals surface area contributed by atoms with Gasteiger partial charge in [0, 0.05) is 18.7 Å². The van der Waals surface area contributed by atoms with Crippen LogP contribution in [0.15, 0.2) is 48.7 Å². The van der Waals surface area contributed by atoms with Crippen molar-refractivity contribution in [1.29, 1.82) is 0 Å². The highest BCUT2D eigenvalue weighted by Gasteiger charge is 2.33. The van der Waals surface area contributed by atoms with Crippen LogP contribution >= 0.6 is 0 Å². The van der Waals surface area contributed by atoms with Crippen LogP contribution in [0.3, 0.4) is 0 Å². The number of hydrogen-bond acceptors (Lipinski definition) is 5. The number of ether oxygens (including phenoxy) is 1. The van der Waals surface area contributed by atoms with E-state index in [9.17, 15) is 13.2 Å². The Morgan fingerprint density at radius 3 is 2.62 bits per heavy atom. The Labute approximate surface area is 152 Å². The molecular formula is C18H21N3O4S. The number of amides is 2. The number of carbonyl (C=O) groups is 1. The summed E-state index contributed by atoms with van der Waals surface area (Å²) < 4.78 is 28.9. The quantitative estimate of drug-likeness (QED) is 0.868. The maximum absolute atomic E-state index is 12.5. The van der Waals surface area contributed by atoms with E-state index in [-0.39, 0.29) is 23.6 Å². The monoisotopic (exact) mass is 375 g/mol. The van der Waals surface area contributed by atoms with Crippen molar-refractivity contribution in [3.8, 4) is 11.6 Å². The van der Waals surface area contributed by atoms with Crippen molar-refractivity contribution in [3.63, 3.8) is 0 Å². The van der Waals surface area contributed by atoms with Crippen LogP contribution < -0.4 is 10.1 Å². The van der Waals surface area contributed by atoms with Gasteiger partial charge in [-0.05, 0) is 31.5 Å². The molecule has 1 saturated heterocycles. The van der Waals surface area contributed by atoms with Crippen molar-refractivity contribution in [2.45, 2.75) is 19.4 Å². The van der Waals surface area contributed by atoms with Gasteiger partial charge in [0.15, 0.2) is 9.84 Å². The fraction of sp³-hybridized carbons (Fsp3) is 0.333. The summed E-state index contributed by atoms with van der Waals surface area (Å²) in [5, 5.41) is 2.76. The summed E-state index contributed by atoms with van der Waals surface area (Å²) in [5.74, 6) is 1.25. The van der Waals surface area contributed by atoms with Gasteiger partial charge in [0.2, 0.25) is 5.88 Å². The average Bonchev–Trinajstić information content (AvgIpc) is 2.98. The van der Waals surface area contributed by atoms with E-state index in [4.69, 9.17) is 4.74 Å². The molecule has 3 rings (SSSR count). The molecule has 7 nitrogen and oxygen atoms in total. The number of anilines is 1. The molecule has 2 amide bonds. The molecule has 0 saturated carbocycles. The Morgan fingerprint density at radius 1 is 1.27 bits per heavy atom. The van der Waals surface area contributed by atoms with E-state index >= 15 is 0 Å². The molecule has 1 atom stereocenters. The van der Waals surface area contributed by atoms with Crippen molar-refractivity contribution in [2.24, 2.45) is 0 Å². The molecular weight excluding hydrogens is 354 g/mol. The first-order chi connectivity index (χ1) is 12.5. The lowest BCUT2D eigenvalue weighted by atomic mass is 10.2. The number of benzene rings is 1. The van der Waals surface area contributed by atoms with Crippen LogP contribution in [0, 0.1) is 0 Å². The maximum atomic E-state index is 12.5. The van der Waals surface area contributed by atoms with Gasteiger partial charge in [-0.25, -0.2) is 18.2 Å². The first-order valence-corrected chi connectivity index (χ1v) is 10.3. The molecule has 0 aliphatic carbocycles. The number of nitrogens with one attached hydrogen (secondary N) is 1. The number of carbonyl (C=O) groups excluding carboxylic acids is 1. The average molecular weight is 375 g/mol. The molecule has 1 unspecified atom stereocenters. The van der Waals surface area contributed by atoms with Gasteiger partial charge >= 0.3 is 6.03 Å². The lowest BCUT2D eigenvalue weighted by molar-refractivity contribution is 0.197. The SMILES string of the molecule is CCN(C(=O)Nc1ccc(Oc2ccccc2)nc1)C1CCS(=O)(=O)C1. The first kappa shape index (κ1) is 18.2. The van der Waals surface area contributed by atoms with E-state index in [1.54, 1.807) is 17.0 Å². The van der Waals surface area contributed by atoms with Gasteiger partial charge in [-0.1, -0.05) is 18.2 Å². The Bertz CT molecular complexity index is 854. The molecule has 1 aliphatic rings. The lowest BCUT2D eigenvalue weighted by Gasteiger charge is -2.26. The number of sulfone groups is 1. The maximum Gasteiger partial charge on any atom is 0.322 e. The minimum absolute atomic E-state index is 0.0242. The predicted molar refractivity (Wildman–Crippen MR) is 99.2 cm³/mol. The third-order valence-corrected chi connectivity index (χ3v) is 5.95. The molecule has 1 fully saturated rings. The third kappa shape index (κ3) is 4.51. The molecule has 2 heterocycles. The Morgan fingerprint density at radius 2 is 2.04 bits per heavy atom. The van der Waals surface area contributed by atoms with Crippen molar-refractivity contribution in [3.05, 3.63) is 48.7 Å². The molecule has 1 aromatic carbocycles. The van der Waals surface area contributed by atoms with Crippen LogP contribution in [0.1, 0.15) is 13.3 Å². The van der Waals surface area contributed by atoms with E-state index in [2.05, 4.69) is 10.3 Å². The second-order valence-electron chi connectivity index (χ2n) is 6.07. The summed E-state index contributed by atoms with van der Waals surface area (Å²) in [6, 6.07) is 12.0. The lowest BCUT2D eigenvalue weighted by Crippen LogP contribution is -2.43. The topological polar surface area (TPSA) is 88.6 Å². The van der Waals surface area contributed by atoms with Gasteiger partial charge in [-0.3, -0.25) is 0 Å². The van der Waals surface area contributed by atoms with Crippen molar-refractivity contribution in [1.82, 2.24) is 9.88 Å². The Balaban J connectivity index is 1.61. The number of pyridine rings is 1. The smallest absolute Gasteiger partial charge is 0.322 e. The normalized spacial score (nSPS) is 18.3. The second-order valence-corrected chi connectivity index (χ2v) is 8.30. The molecule has 2 aromatic rings. The standard InChI is InChI=1S/C18H21N3O4S/c1-2-21(15-10-11-26(23,24)13-15)18(22)20-14-8-9-17(19-12-14)25-16-6-4-3-5-7-16/h3-9,12,15H,2,10-11,13H2,1H3,(H,20,22). The van der Waals surface area contributed by atoms with E-state index in [0.29, 0.717) is 30.3 Å². The van der Waals surface area contributed by atoms with Gasteiger partial charge < -0.3 is 15.0 Å². The highest BCUT2D eigenvalue weighted by molar-refractivity contribution is 7.91. The zero-order valence-corrected chi connectivity index (χ0v) is 15.3. The van der Waals surface area contributed by atoms with Crippen molar-refractivity contribution < 1.29 is 17.9 Å². The van der Waals surface area contributed by atoms with Gasteiger partial charge in [0.05, 0.1) is 23.4 Å². The van der Waals surface area contributed by atoms with Crippen LogP contribution in [-0.2, 0) is 9.84 Å². The third-order valence-electron chi connectivity index (χ3n) is 4.20. The number of hydrogen-bond donors (Lipinski definition) is 1. The minimum atomic E-state index is -3.04. The molecule has 1 N–H and O–H groups in total. The first-order valence-electron chi connectivity index (χ1n) is 8.44. The van der Waals surface area contributed by atoms with Crippen molar-refractivity contribution in [2.75, 3.05) is 23.4 Å². The Hall–Kier alpha value is -2.61. The highest BCUT2D eigenvalue weighted by atomic mass is 32.2. The van der Waals surface area contributed by atoms with Crippen molar-refractivity contribution >= 4 is 21.6 Å². The van der Waals surface area contributed by atoms with E-state index in [0.717, 1.165) is 0 Å². The van der Waals surface area contributed by atoms with Gasteiger partial charge in [-0.2, -0.15) is 0 Å². The van der Waals surface area contributed by atoms with Gasteiger partial charge in [-0.15, -0.1) is 0 Å². The summed E-state index contributed by atoms with van der Waals surface area (Å²) in [5.41, 5.74) is 0.523. The van der Waals surface area contributed by atoms with E-state index in [1.165, 1.54) is 6.20 Å². The zero-order valence-electron chi connectivity index (χ0n) is 14.5. The summed E-state index contributed by atoms with van der Waals surface area (Å²) in [4.78, 5) is 18.2. The molecule has 8 heteroatoms. The summed E-state index contributed by atoms with van der Waals surface area (Å²) in [6.07, 6.45) is 1.99. The highest BCUT2D eigenvalue weighted by Crippen LogP contribution is 2.21. The summed E-state index contributed by atoms with van der Waals surface area (Å²) in [6.45, 7) is 2.27. The van der Waals surface area contributed by atoms with Crippen LogP contribution in [0.25, 0.3) is 0 Å². The molecule has 26 heavy (non-hydrogen) atoms.